The highest BCUT2D eigenvalue weighted by Gasteiger charge is 2.32. The van der Waals surface area contributed by atoms with Crippen LogP contribution in [0.3, 0.4) is 0 Å². The molecule has 2 unspecified atom stereocenters. The van der Waals surface area contributed by atoms with Crippen molar-refractivity contribution in [2.24, 2.45) is 0 Å². The van der Waals surface area contributed by atoms with E-state index in [4.69, 9.17) is 0 Å². The molecule has 3 nitrogen and oxygen atoms in total. The smallest absolute Gasteiger partial charge is 0.131 e. The van der Waals surface area contributed by atoms with Gasteiger partial charge in [-0.2, -0.15) is 0 Å². The molecule has 1 fully saturated rings. The molecular formula is C16H23NO2. The van der Waals surface area contributed by atoms with Crippen LogP contribution in [0, 0.1) is 0 Å². The van der Waals surface area contributed by atoms with Gasteiger partial charge in [-0.1, -0.05) is 30.3 Å². The number of hydrogen-bond acceptors (Lipinski definition) is 3. The van der Waals surface area contributed by atoms with Gasteiger partial charge in [0.2, 0.25) is 0 Å². The Bertz CT molecular complexity index is 428. The van der Waals surface area contributed by atoms with Crippen molar-refractivity contribution >= 4 is 5.78 Å². The lowest BCUT2D eigenvalue weighted by Gasteiger charge is -2.32. The number of aliphatic hydroxyl groups is 1. The van der Waals surface area contributed by atoms with Crippen LogP contribution >= 0.6 is 0 Å². The molecule has 1 saturated heterocycles. The second-order valence-electron chi connectivity index (χ2n) is 5.81. The monoisotopic (exact) mass is 261 g/mol. The van der Waals surface area contributed by atoms with Gasteiger partial charge in [-0.15, -0.1) is 0 Å². The van der Waals surface area contributed by atoms with E-state index >= 15 is 0 Å². The molecule has 19 heavy (non-hydrogen) atoms. The van der Waals surface area contributed by atoms with Gasteiger partial charge in [0.25, 0.3) is 0 Å². The van der Waals surface area contributed by atoms with Crippen molar-refractivity contribution in [2.45, 2.75) is 44.8 Å². The highest BCUT2D eigenvalue weighted by atomic mass is 16.3. The summed E-state index contributed by atoms with van der Waals surface area (Å²) in [6.45, 7) is 5.06. The number of likely N-dealkylation sites (tertiary alicyclic amines) is 1. The van der Waals surface area contributed by atoms with E-state index < -0.39 is 5.60 Å². The molecule has 0 saturated carbocycles. The van der Waals surface area contributed by atoms with Crippen LogP contribution in [0.5, 0.6) is 0 Å². The van der Waals surface area contributed by atoms with Crippen LogP contribution in [-0.2, 0) is 10.4 Å². The second kappa shape index (κ2) is 5.85. The molecule has 2 atom stereocenters. The predicted molar refractivity (Wildman–Crippen MR) is 75.9 cm³/mol. The van der Waals surface area contributed by atoms with Crippen LogP contribution in [0.1, 0.15) is 38.7 Å². The summed E-state index contributed by atoms with van der Waals surface area (Å²) in [5.74, 6) is 0.233. The third-order valence-electron chi connectivity index (χ3n) is 3.93. The Labute approximate surface area is 115 Å². The highest BCUT2D eigenvalue weighted by molar-refractivity contribution is 5.76. The number of rotatable bonds is 5. The van der Waals surface area contributed by atoms with Gasteiger partial charge in [-0.3, -0.25) is 9.69 Å². The van der Waals surface area contributed by atoms with Gasteiger partial charge in [0.15, 0.2) is 0 Å². The minimum atomic E-state index is -0.860. The van der Waals surface area contributed by atoms with Crippen molar-refractivity contribution in [1.82, 2.24) is 4.90 Å². The van der Waals surface area contributed by atoms with Crippen LogP contribution in [0.2, 0.25) is 0 Å². The average Bonchev–Trinajstić information content (AvgIpc) is 2.76. The molecule has 0 amide bonds. The van der Waals surface area contributed by atoms with Gasteiger partial charge in [0.1, 0.15) is 5.78 Å². The fourth-order valence-corrected chi connectivity index (χ4v) is 2.95. The molecule has 1 N–H and O–H groups in total. The lowest BCUT2D eigenvalue weighted by molar-refractivity contribution is -0.118. The first-order valence-corrected chi connectivity index (χ1v) is 7.00. The van der Waals surface area contributed by atoms with Crippen molar-refractivity contribution in [3.05, 3.63) is 35.9 Å². The number of ketones is 1. The molecular weight excluding hydrogens is 238 g/mol. The van der Waals surface area contributed by atoms with Gasteiger partial charge in [0.05, 0.1) is 5.60 Å². The summed E-state index contributed by atoms with van der Waals surface area (Å²) in [7, 11) is 0. The van der Waals surface area contributed by atoms with Gasteiger partial charge >= 0.3 is 0 Å². The summed E-state index contributed by atoms with van der Waals surface area (Å²) in [5.41, 5.74) is 0.0733. The van der Waals surface area contributed by atoms with E-state index in [-0.39, 0.29) is 5.78 Å². The first kappa shape index (κ1) is 14.2. The number of β-amino-alcohol motifs (C(OH)–C–C–N with tert-alkyl or cyclic N) is 1. The maximum absolute atomic E-state index is 11.3. The third-order valence-corrected chi connectivity index (χ3v) is 3.93. The third kappa shape index (κ3) is 3.64. The number of Topliss-reactive ketones (excluding diaryl/α,β-unsaturated/α-hetero) is 1. The zero-order valence-corrected chi connectivity index (χ0v) is 11.8. The topological polar surface area (TPSA) is 40.5 Å². The number of carbonyl (C=O) groups excluding carboxylic acids is 1. The number of nitrogens with zero attached hydrogens (tertiary/aromatic N) is 1. The van der Waals surface area contributed by atoms with E-state index in [1.165, 1.54) is 0 Å². The summed E-state index contributed by atoms with van der Waals surface area (Å²) in [6.07, 6.45) is 2.78. The molecule has 0 bridgehead atoms. The Morgan fingerprint density at radius 1 is 1.42 bits per heavy atom. The van der Waals surface area contributed by atoms with E-state index in [0.717, 1.165) is 24.9 Å². The number of benzene rings is 1. The second-order valence-corrected chi connectivity index (χ2v) is 5.81. The summed E-state index contributed by atoms with van der Waals surface area (Å²) < 4.78 is 0. The minimum Gasteiger partial charge on any atom is -0.384 e. The van der Waals surface area contributed by atoms with Crippen molar-refractivity contribution in [2.75, 3.05) is 13.1 Å². The fourth-order valence-electron chi connectivity index (χ4n) is 2.95. The molecule has 0 spiro atoms. The minimum absolute atomic E-state index is 0.233. The van der Waals surface area contributed by atoms with E-state index in [0.29, 0.717) is 19.0 Å². The van der Waals surface area contributed by atoms with Crippen molar-refractivity contribution in [3.63, 3.8) is 0 Å². The number of hydrogen-bond donors (Lipinski definition) is 1. The Kier molecular flexibility index (Phi) is 4.38. The Hall–Kier alpha value is -1.19. The number of carbonyl (C=O) groups is 1. The van der Waals surface area contributed by atoms with E-state index in [2.05, 4.69) is 4.90 Å². The molecule has 1 aromatic rings. The maximum Gasteiger partial charge on any atom is 0.131 e. The first-order valence-electron chi connectivity index (χ1n) is 7.00. The zero-order chi connectivity index (χ0) is 13.9. The van der Waals surface area contributed by atoms with Crippen LogP contribution in [-0.4, -0.2) is 34.9 Å². The van der Waals surface area contributed by atoms with Gasteiger partial charge in [-0.25, -0.2) is 0 Å². The Morgan fingerprint density at radius 2 is 2.11 bits per heavy atom. The highest BCUT2D eigenvalue weighted by Crippen LogP contribution is 2.27. The van der Waals surface area contributed by atoms with Gasteiger partial charge < -0.3 is 5.11 Å². The molecule has 1 aromatic carbocycles. The van der Waals surface area contributed by atoms with Gasteiger partial charge in [0, 0.05) is 19.0 Å². The quantitative estimate of drug-likeness (QED) is 0.884. The summed E-state index contributed by atoms with van der Waals surface area (Å²) in [5, 5.41) is 10.7. The van der Waals surface area contributed by atoms with Crippen LogP contribution < -0.4 is 0 Å². The van der Waals surface area contributed by atoms with Gasteiger partial charge in [-0.05, 0) is 38.8 Å². The molecule has 0 aliphatic carbocycles. The van der Waals surface area contributed by atoms with Crippen LogP contribution in [0.15, 0.2) is 30.3 Å². The predicted octanol–water partition coefficient (Wildman–Crippen LogP) is 2.34. The Balaban J connectivity index is 2.05. The van der Waals surface area contributed by atoms with Crippen LogP contribution in [0.4, 0.5) is 0 Å². The average molecular weight is 261 g/mol. The van der Waals surface area contributed by atoms with Crippen molar-refractivity contribution in [3.8, 4) is 0 Å². The largest absolute Gasteiger partial charge is 0.384 e. The molecule has 0 aromatic heterocycles. The molecule has 0 radical (unpaired) electrons. The summed E-state index contributed by atoms with van der Waals surface area (Å²) in [6, 6.07) is 10.1. The Morgan fingerprint density at radius 3 is 2.74 bits per heavy atom. The standard InChI is InChI=1S/C16H23NO2/c1-13(18)11-15-9-6-10-17(15)12-16(2,19)14-7-4-3-5-8-14/h3-5,7-8,15,19H,6,9-12H2,1-2H3. The maximum atomic E-state index is 11.3. The van der Waals surface area contributed by atoms with E-state index in [9.17, 15) is 9.90 Å². The molecule has 1 aliphatic heterocycles. The summed E-state index contributed by atoms with van der Waals surface area (Å²) >= 11 is 0. The SMILES string of the molecule is CC(=O)CC1CCCN1CC(C)(O)c1ccccc1. The first-order chi connectivity index (χ1) is 8.99. The van der Waals surface area contributed by atoms with Crippen LogP contribution in [0.25, 0.3) is 0 Å². The lowest BCUT2D eigenvalue weighted by atomic mass is 9.95. The molecule has 1 heterocycles. The zero-order valence-electron chi connectivity index (χ0n) is 11.8. The lowest BCUT2D eigenvalue weighted by Crippen LogP contribution is -2.42. The van der Waals surface area contributed by atoms with E-state index in [1.54, 1.807) is 6.92 Å². The van der Waals surface area contributed by atoms with Crippen molar-refractivity contribution in [1.29, 1.82) is 0 Å². The normalized spacial score (nSPS) is 23.2. The molecule has 1 aliphatic rings. The van der Waals surface area contributed by atoms with E-state index in [1.807, 2.05) is 37.3 Å². The van der Waals surface area contributed by atoms with Crippen molar-refractivity contribution < 1.29 is 9.90 Å². The fraction of sp³-hybridized carbons (Fsp3) is 0.562. The summed E-state index contributed by atoms with van der Waals surface area (Å²) in [4.78, 5) is 13.6. The molecule has 3 heteroatoms. The molecule has 104 valence electrons. The molecule has 2 rings (SSSR count).